The molecule has 9 heteroatoms. The van der Waals surface area contributed by atoms with Crippen LogP contribution in [-0.4, -0.2) is 58.1 Å². The Morgan fingerprint density at radius 2 is 2.19 bits per heavy atom. The summed E-state index contributed by atoms with van der Waals surface area (Å²) in [7, 11) is 0. The first-order valence-corrected chi connectivity index (χ1v) is 6.68. The topological polar surface area (TPSA) is 123 Å². The molecule has 0 aliphatic carbocycles. The van der Waals surface area contributed by atoms with Crippen LogP contribution in [0, 0.1) is 0 Å². The molecule has 112 valence electrons. The zero-order chi connectivity index (χ0) is 14.7. The molecule has 1 aliphatic rings. The molecule has 0 radical (unpaired) electrons. The van der Waals surface area contributed by atoms with Crippen LogP contribution in [0.4, 0.5) is 0 Å². The van der Waals surface area contributed by atoms with Gasteiger partial charge in [-0.3, -0.25) is 9.69 Å². The van der Waals surface area contributed by atoms with Crippen LogP contribution in [0.2, 0.25) is 0 Å². The minimum absolute atomic E-state index is 0.235. The second-order valence-corrected chi connectivity index (χ2v) is 4.78. The highest BCUT2D eigenvalue weighted by Crippen LogP contribution is 2.16. The van der Waals surface area contributed by atoms with Crippen LogP contribution < -0.4 is 11.3 Å². The van der Waals surface area contributed by atoms with Crippen LogP contribution >= 0.6 is 0 Å². The summed E-state index contributed by atoms with van der Waals surface area (Å²) in [5.41, 5.74) is 6.22. The van der Waals surface area contributed by atoms with Gasteiger partial charge in [-0.2, -0.15) is 10.1 Å². The number of nitrogens with one attached hydrogen (secondary N) is 1. The van der Waals surface area contributed by atoms with Crippen LogP contribution in [0.5, 0.6) is 0 Å². The molecule has 3 heterocycles. The Morgan fingerprint density at radius 1 is 1.38 bits per heavy atom. The number of hydrogen-bond acceptors (Lipinski definition) is 8. The first kappa shape index (κ1) is 13.9. The van der Waals surface area contributed by atoms with Gasteiger partial charge in [-0.05, 0) is 6.07 Å². The monoisotopic (exact) mass is 292 g/mol. The predicted molar refractivity (Wildman–Crippen MR) is 72.3 cm³/mol. The Kier molecular flexibility index (Phi) is 4.04. The second-order valence-electron chi connectivity index (χ2n) is 4.78. The van der Waals surface area contributed by atoms with E-state index >= 15 is 0 Å². The lowest BCUT2D eigenvalue weighted by atomic mass is 10.2. The van der Waals surface area contributed by atoms with E-state index in [4.69, 9.17) is 15.0 Å². The zero-order valence-corrected chi connectivity index (χ0v) is 11.4. The van der Waals surface area contributed by atoms with Gasteiger partial charge in [0, 0.05) is 25.7 Å². The molecule has 0 aromatic carbocycles. The van der Waals surface area contributed by atoms with Gasteiger partial charge in [0.15, 0.2) is 5.82 Å². The molecule has 3 N–H and O–H groups in total. The molecule has 2 aromatic heterocycles. The van der Waals surface area contributed by atoms with E-state index in [0.29, 0.717) is 31.3 Å². The largest absolute Gasteiger partial charge is 0.379 e. The van der Waals surface area contributed by atoms with E-state index in [1.807, 2.05) is 0 Å². The Labute approximate surface area is 120 Å². The van der Waals surface area contributed by atoms with Gasteiger partial charge in [0.2, 0.25) is 0 Å². The molecule has 1 saturated heterocycles. The summed E-state index contributed by atoms with van der Waals surface area (Å²) in [6.07, 6.45) is 0. The van der Waals surface area contributed by atoms with Gasteiger partial charge in [-0.1, -0.05) is 5.16 Å². The van der Waals surface area contributed by atoms with Crippen molar-refractivity contribution in [3.63, 3.8) is 0 Å². The highest BCUT2D eigenvalue weighted by atomic mass is 16.5. The van der Waals surface area contributed by atoms with Crippen LogP contribution in [-0.2, 0) is 4.74 Å². The third kappa shape index (κ3) is 3.32. The van der Waals surface area contributed by atoms with Crippen LogP contribution in [0.1, 0.15) is 11.9 Å². The standard InChI is InChI=1S/C12H16N6O3/c13-8(7-18-3-5-20-6-4-18)11-14-12(21-17-11)9-1-2-10(19)16-15-9/h1-2,8H,3-7,13H2,(H,16,19). The predicted octanol–water partition coefficient (Wildman–Crippen LogP) is -0.848. The fraction of sp³-hybridized carbons (Fsp3) is 0.500. The molecule has 0 amide bonds. The lowest BCUT2D eigenvalue weighted by Crippen LogP contribution is -2.40. The number of hydrogen-bond donors (Lipinski definition) is 2. The van der Waals surface area contributed by atoms with Crippen molar-refractivity contribution in [2.45, 2.75) is 6.04 Å². The van der Waals surface area contributed by atoms with E-state index in [0.717, 1.165) is 13.1 Å². The number of aromatic amines is 1. The van der Waals surface area contributed by atoms with E-state index in [-0.39, 0.29) is 17.5 Å². The molecule has 21 heavy (non-hydrogen) atoms. The van der Waals surface area contributed by atoms with E-state index < -0.39 is 0 Å². The average Bonchev–Trinajstić information content (AvgIpc) is 2.99. The minimum atomic E-state index is -0.344. The number of nitrogens with two attached hydrogens (primary N) is 1. The SMILES string of the molecule is NC(CN1CCOCC1)c1noc(-c2ccc(=O)[nH]n2)n1. The molecule has 2 aromatic rings. The quantitative estimate of drug-likeness (QED) is 0.747. The van der Waals surface area contributed by atoms with Gasteiger partial charge < -0.3 is 15.0 Å². The molecule has 1 fully saturated rings. The van der Waals surface area contributed by atoms with Gasteiger partial charge >= 0.3 is 0 Å². The molecule has 9 nitrogen and oxygen atoms in total. The number of nitrogens with zero attached hydrogens (tertiary/aromatic N) is 4. The Balaban J connectivity index is 1.68. The molecular weight excluding hydrogens is 276 g/mol. The molecule has 3 rings (SSSR count). The first-order valence-electron chi connectivity index (χ1n) is 6.68. The van der Waals surface area contributed by atoms with Gasteiger partial charge in [0.05, 0.1) is 19.3 Å². The first-order chi connectivity index (χ1) is 10.2. The van der Waals surface area contributed by atoms with E-state index in [1.54, 1.807) is 0 Å². The average molecular weight is 292 g/mol. The Hall–Kier alpha value is -2.10. The second kappa shape index (κ2) is 6.12. The Bertz CT molecular complexity index is 628. The third-order valence-corrected chi connectivity index (χ3v) is 3.23. The Morgan fingerprint density at radius 3 is 2.90 bits per heavy atom. The van der Waals surface area contributed by atoms with Crippen molar-refractivity contribution in [2.75, 3.05) is 32.8 Å². The van der Waals surface area contributed by atoms with Crippen LogP contribution in [0.3, 0.4) is 0 Å². The normalized spacial score (nSPS) is 17.8. The molecule has 1 atom stereocenters. The molecule has 0 spiro atoms. The van der Waals surface area contributed by atoms with Crippen molar-refractivity contribution in [3.05, 3.63) is 28.3 Å². The summed E-state index contributed by atoms with van der Waals surface area (Å²) in [6, 6.07) is 2.52. The van der Waals surface area contributed by atoms with Crippen molar-refractivity contribution in [1.29, 1.82) is 0 Å². The van der Waals surface area contributed by atoms with Gasteiger partial charge in [-0.25, -0.2) is 5.10 Å². The van der Waals surface area contributed by atoms with E-state index in [1.165, 1.54) is 12.1 Å². The van der Waals surface area contributed by atoms with E-state index in [2.05, 4.69) is 25.2 Å². The molecular formula is C12H16N6O3. The molecule has 1 unspecified atom stereocenters. The van der Waals surface area contributed by atoms with Gasteiger partial charge in [-0.15, -0.1) is 0 Å². The molecule has 1 aliphatic heterocycles. The highest BCUT2D eigenvalue weighted by Gasteiger charge is 2.20. The zero-order valence-electron chi connectivity index (χ0n) is 11.4. The number of H-pyrrole nitrogens is 1. The van der Waals surface area contributed by atoms with Crippen molar-refractivity contribution in [1.82, 2.24) is 25.2 Å². The maximum absolute atomic E-state index is 11.0. The number of ether oxygens (including phenoxy) is 1. The van der Waals surface area contributed by atoms with Crippen molar-refractivity contribution < 1.29 is 9.26 Å². The van der Waals surface area contributed by atoms with Crippen molar-refractivity contribution >= 4 is 0 Å². The van der Waals surface area contributed by atoms with Crippen LogP contribution in [0.25, 0.3) is 11.6 Å². The summed E-state index contributed by atoms with van der Waals surface area (Å²) >= 11 is 0. The van der Waals surface area contributed by atoms with Crippen molar-refractivity contribution in [3.8, 4) is 11.6 Å². The number of rotatable bonds is 4. The van der Waals surface area contributed by atoms with Crippen LogP contribution in [0.15, 0.2) is 21.5 Å². The number of aromatic nitrogens is 4. The summed E-state index contributed by atoms with van der Waals surface area (Å²) in [5, 5.41) is 10.0. The summed E-state index contributed by atoms with van der Waals surface area (Å²) in [4.78, 5) is 17.4. The third-order valence-electron chi connectivity index (χ3n) is 3.23. The van der Waals surface area contributed by atoms with Gasteiger partial charge in [0.1, 0.15) is 5.69 Å². The highest BCUT2D eigenvalue weighted by molar-refractivity contribution is 5.44. The maximum Gasteiger partial charge on any atom is 0.278 e. The van der Waals surface area contributed by atoms with E-state index in [9.17, 15) is 4.79 Å². The maximum atomic E-state index is 11.0. The lowest BCUT2D eigenvalue weighted by Gasteiger charge is -2.27. The summed E-state index contributed by atoms with van der Waals surface area (Å²) in [5.74, 6) is 0.656. The summed E-state index contributed by atoms with van der Waals surface area (Å²) < 4.78 is 10.4. The smallest absolute Gasteiger partial charge is 0.278 e. The molecule has 0 saturated carbocycles. The fourth-order valence-corrected chi connectivity index (χ4v) is 2.10. The minimum Gasteiger partial charge on any atom is -0.379 e. The molecule has 0 bridgehead atoms. The summed E-state index contributed by atoms with van der Waals surface area (Å²) in [6.45, 7) is 3.76. The van der Waals surface area contributed by atoms with Crippen molar-refractivity contribution in [2.24, 2.45) is 5.73 Å². The number of morpholine rings is 1. The lowest BCUT2D eigenvalue weighted by molar-refractivity contribution is 0.0348. The fourth-order valence-electron chi connectivity index (χ4n) is 2.10. The van der Waals surface area contributed by atoms with Gasteiger partial charge in [0.25, 0.3) is 11.4 Å².